The fourth-order valence-electron chi connectivity index (χ4n) is 6.67. The van der Waals surface area contributed by atoms with Gasteiger partial charge in [0.05, 0.1) is 30.3 Å². The number of ether oxygens (including phenoxy) is 1. The second-order valence-corrected chi connectivity index (χ2v) is 11.2. The van der Waals surface area contributed by atoms with Crippen LogP contribution in [0.15, 0.2) is 42.7 Å². The third kappa shape index (κ3) is 4.41. The Balaban J connectivity index is 1.23. The summed E-state index contributed by atoms with van der Waals surface area (Å²) in [4.78, 5) is 41.6. The van der Waals surface area contributed by atoms with Crippen molar-refractivity contribution >= 4 is 29.1 Å². The van der Waals surface area contributed by atoms with Crippen LogP contribution in [0, 0.1) is 5.82 Å². The molecule has 2 bridgehead atoms. The number of aromatic amines is 1. The standard InChI is InChI=1S/C30H29FN10O3/c1-14(42)24-25(17-9-18-5-6-19(10-17)40(18)29(43)27-37-30(33)39-38-27)36-28-20(13-35-41(28)26(24)32)16-3-7-22(34-12-16)15-4-8-23(44-2)21(31)11-15/h3-4,7-8,11-13,17-19H,5-6,9-10,32H2,1-2H3,(H3,33,37,38,39)/t17?,18-,19+. The van der Waals surface area contributed by atoms with E-state index in [0.29, 0.717) is 46.6 Å². The summed E-state index contributed by atoms with van der Waals surface area (Å²) in [5.41, 5.74) is 16.3. The number of nitrogens with one attached hydrogen (secondary N) is 1. The molecule has 13 nitrogen and oxygen atoms in total. The molecule has 0 spiro atoms. The number of hydrogen-bond donors (Lipinski definition) is 3. The van der Waals surface area contributed by atoms with E-state index in [2.05, 4.69) is 25.3 Å². The molecule has 44 heavy (non-hydrogen) atoms. The molecular weight excluding hydrogens is 567 g/mol. The van der Waals surface area contributed by atoms with Crippen LogP contribution < -0.4 is 16.2 Å². The molecule has 6 heterocycles. The first kappa shape index (κ1) is 27.4. The number of anilines is 2. The molecule has 1 unspecified atom stereocenters. The molecule has 7 rings (SSSR count). The maximum absolute atomic E-state index is 14.3. The zero-order valence-electron chi connectivity index (χ0n) is 24.0. The maximum Gasteiger partial charge on any atom is 0.291 e. The van der Waals surface area contributed by atoms with Crippen molar-refractivity contribution in [1.82, 2.24) is 39.7 Å². The highest BCUT2D eigenvalue weighted by Gasteiger charge is 2.46. The van der Waals surface area contributed by atoms with Gasteiger partial charge in [0, 0.05) is 40.9 Å². The molecule has 2 saturated heterocycles. The summed E-state index contributed by atoms with van der Waals surface area (Å²) in [5.74, 6) is -0.506. The van der Waals surface area contributed by atoms with Crippen LogP contribution in [0.5, 0.6) is 5.75 Å². The summed E-state index contributed by atoms with van der Waals surface area (Å²) in [7, 11) is 1.42. The first-order valence-electron chi connectivity index (χ1n) is 14.2. The molecule has 2 aliphatic heterocycles. The normalized spacial score (nSPS) is 19.4. The summed E-state index contributed by atoms with van der Waals surface area (Å²) < 4.78 is 20.8. The number of H-pyrrole nitrogens is 1. The van der Waals surface area contributed by atoms with Crippen molar-refractivity contribution in [3.63, 3.8) is 0 Å². The first-order chi connectivity index (χ1) is 21.2. The summed E-state index contributed by atoms with van der Waals surface area (Å²) in [6.07, 6.45) is 6.21. The quantitative estimate of drug-likeness (QED) is 0.245. The minimum absolute atomic E-state index is 0.0192. The van der Waals surface area contributed by atoms with Gasteiger partial charge in [-0.15, -0.1) is 5.10 Å². The zero-order chi connectivity index (χ0) is 30.7. The van der Waals surface area contributed by atoms with E-state index >= 15 is 0 Å². The zero-order valence-corrected chi connectivity index (χ0v) is 24.0. The SMILES string of the molecule is COc1ccc(-c2ccc(-c3cnn4c(N)c(C(C)=O)c(C5C[C@H]6CC[C@@H](C5)N6C(=O)c5nc(N)n[nH]5)nc34)cn2)cc1F. The molecule has 2 aliphatic rings. The Hall–Kier alpha value is -5.40. The van der Waals surface area contributed by atoms with Gasteiger partial charge in [0.25, 0.3) is 5.91 Å². The van der Waals surface area contributed by atoms with Crippen molar-refractivity contribution in [2.45, 2.75) is 50.6 Å². The van der Waals surface area contributed by atoms with E-state index in [0.717, 1.165) is 18.4 Å². The van der Waals surface area contributed by atoms with Gasteiger partial charge in [0.15, 0.2) is 23.0 Å². The van der Waals surface area contributed by atoms with Gasteiger partial charge in [0.2, 0.25) is 11.8 Å². The Morgan fingerprint density at radius 1 is 1.05 bits per heavy atom. The van der Waals surface area contributed by atoms with Crippen molar-refractivity contribution in [3.8, 4) is 28.1 Å². The topological polar surface area (TPSA) is 183 Å². The van der Waals surface area contributed by atoms with Gasteiger partial charge in [-0.05, 0) is 56.9 Å². The summed E-state index contributed by atoms with van der Waals surface area (Å²) in [5, 5.41) is 10.9. The highest BCUT2D eigenvalue weighted by atomic mass is 19.1. The van der Waals surface area contributed by atoms with Crippen LogP contribution in [0.3, 0.4) is 0 Å². The molecular formula is C30H29FN10O3. The molecule has 1 amide bonds. The number of nitrogen functional groups attached to an aromatic ring is 2. The van der Waals surface area contributed by atoms with Gasteiger partial charge in [-0.3, -0.25) is 19.7 Å². The van der Waals surface area contributed by atoms with Crippen molar-refractivity contribution < 1.29 is 18.7 Å². The number of aromatic nitrogens is 7. The number of halogens is 1. The molecule has 5 N–H and O–H groups in total. The number of Topliss-reactive ketones (excluding diaryl/α,β-unsaturated/α-hetero) is 1. The molecule has 1 aromatic carbocycles. The van der Waals surface area contributed by atoms with Crippen LogP contribution in [-0.2, 0) is 0 Å². The molecule has 0 aliphatic carbocycles. The minimum Gasteiger partial charge on any atom is -0.494 e. The van der Waals surface area contributed by atoms with Gasteiger partial charge in [-0.25, -0.2) is 9.37 Å². The largest absolute Gasteiger partial charge is 0.494 e. The lowest BCUT2D eigenvalue weighted by Crippen LogP contribution is -2.46. The molecule has 2 fully saturated rings. The van der Waals surface area contributed by atoms with Crippen LogP contribution in [0.1, 0.15) is 65.2 Å². The third-order valence-electron chi connectivity index (χ3n) is 8.64. The number of rotatable bonds is 6. The Labute approximate surface area is 250 Å². The highest BCUT2D eigenvalue weighted by Crippen LogP contribution is 2.45. The van der Waals surface area contributed by atoms with Crippen molar-refractivity contribution in [2.24, 2.45) is 0 Å². The lowest BCUT2D eigenvalue weighted by atomic mass is 9.85. The number of fused-ring (bicyclic) bond motifs is 3. The average Bonchev–Trinajstić information content (AvgIpc) is 3.72. The molecule has 0 radical (unpaired) electrons. The Morgan fingerprint density at radius 3 is 2.41 bits per heavy atom. The van der Waals surface area contributed by atoms with Crippen LogP contribution in [-0.4, -0.2) is 70.5 Å². The number of carbonyl (C=O) groups excluding carboxylic acids is 2. The van der Waals surface area contributed by atoms with Crippen molar-refractivity contribution in [3.05, 3.63) is 65.6 Å². The number of nitrogens with zero attached hydrogens (tertiary/aromatic N) is 7. The van der Waals surface area contributed by atoms with Crippen LogP contribution in [0.4, 0.5) is 16.2 Å². The number of nitrogens with two attached hydrogens (primary N) is 2. The summed E-state index contributed by atoms with van der Waals surface area (Å²) in [6.45, 7) is 1.47. The van der Waals surface area contributed by atoms with Crippen molar-refractivity contribution in [1.29, 1.82) is 0 Å². The fraction of sp³-hybridized carbons (Fsp3) is 0.300. The van der Waals surface area contributed by atoms with E-state index in [9.17, 15) is 14.0 Å². The van der Waals surface area contributed by atoms with E-state index < -0.39 is 5.82 Å². The predicted molar refractivity (Wildman–Crippen MR) is 158 cm³/mol. The fourth-order valence-corrected chi connectivity index (χ4v) is 6.67. The summed E-state index contributed by atoms with van der Waals surface area (Å²) in [6, 6.07) is 8.22. The molecule has 5 aromatic rings. The van der Waals surface area contributed by atoms with Gasteiger partial charge >= 0.3 is 0 Å². The monoisotopic (exact) mass is 596 g/mol. The molecule has 14 heteroatoms. The molecule has 224 valence electrons. The van der Waals surface area contributed by atoms with E-state index in [-0.39, 0.29) is 53.0 Å². The van der Waals surface area contributed by atoms with Crippen LogP contribution in [0.2, 0.25) is 0 Å². The Kier molecular flexibility index (Phi) is 6.48. The second kappa shape index (κ2) is 10.4. The van der Waals surface area contributed by atoms with Crippen LogP contribution >= 0.6 is 0 Å². The second-order valence-electron chi connectivity index (χ2n) is 11.2. The number of hydrogen-bond acceptors (Lipinski definition) is 10. The lowest BCUT2D eigenvalue weighted by molar-refractivity contribution is 0.0556. The first-order valence-corrected chi connectivity index (χ1v) is 14.2. The molecule has 0 saturated carbocycles. The van der Waals surface area contributed by atoms with Gasteiger partial charge < -0.3 is 21.1 Å². The van der Waals surface area contributed by atoms with E-state index in [1.807, 2.05) is 11.0 Å². The number of pyridine rings is 1. The van der Waals surface area contributed by atoms with E-state index in [4.69, 9.17) is 21.2 Å². The van der Waals surface area contributed by atoms with Crippen LogP contribution in [0.25, 0.3) is 28.0 Å². The number of carbonyl (C=O) groups is 2. The predicted octanol–water partition coefficient (Wildman–Crippen LogP) is 3.64. The number of methoxy groups -OCH3 is 1. The van der Waals surface area contributed by atoms with Gasteiger partial charge in [-0.1, -0.05) is 6.07 Å². The summed E-state index contributed by atoms with van der Waals surface area (Å²) >= 11 is 0. The third-order valence-corrected chi connectivity index (χ3v) is 8.64. The number of amides is 1. The Morgan fingerprint density at radius 2 is 1.80 bits per heavy atom. The smallest absolute Gasteiger partial charge is 0.291 e. The average molecular weight is 597 g/mol. The number of piperidine rings is 1. The maximum atomic E-state index is 14.3. The van der Waals surface area contributed by atoms with E-state index in [1.54, 1.807) is 30.6 Å². The lowest BCUT2D eigenvalue weighted by Gasteiger charge is -2.38. The number of benzene rings is 1. The number of ketones is 1. The molecule has 3 atom stereocenters. The van der Waals surface area contributed by atoms with E-state index in [1.165, 1.54) is 24.6 Å². The Bertz CT molecular complexity index is 1920. The van der Waals surface area contributed by atoms with Gasteiger partial charge in [0.1, 0.15) is 5.82 Å². The molecule has 4 aromatic heterocycles. The minimum atomic E-state index is -0.474. The van der Waals surface area contributed by atoms with Crippen molar-refractivity contribution in [2.75, 3.05) is 18.6 Å². The highest BCUT2D eigenvalue weighted by molar-refractivity contribution is 6.00. The van der Waals surface area contributed by atoms with Gasteiger partial charge in [-0.2, -0.15) is 14.6 Å².